The molecule has 1 aliphatic heterocycles. The second kappa shape index (κ2) is 7.50. The van der Waals surface area contributed by atoms with Crippen molar-refractivity contribution in [2.45, 2.75) is 6.42 Å². The van der Waals surface area contributed by atoms with Gasteiger partial charge >= 0.3 is 0 Å². The van der Waals surface area contributed by atoms with Crippen molar-refractivity contribution in [2.75, 3.05) is 19.8 Å². The number of hydrogen-bond acceptors (Lipinski definition) is 3. The predicted molar refractivity (Wildman–Crippen MR) is 105 cm³/mol. The van der Waals surface area contributed by atoms with E-state index in [-0.39, 0.29) is 5.91 Å². The van der Waals surface area contributed by atoms with Crippen molar-refractivity contribution in [3.05, 3.63) is 84.2 Å². The average molecular weight is 343 g/mol. The zero-order valence-electron chi connectivity index (χ0n) is 14.6. The number of nitrogens with zero attached hydrogens (tertiary/aromatic N) is 2. The number of pyridine rings is 1. The summed E-state index contributed by atoms with van der Waals surface area (Å²) in [6.07, 6.45) is 4.98. The molecule has 2 aromatic carbocycles. The maximum absolute atomic E-state index is 12.6. The zero-order chi connectivity index (χ0) is 17.8. The molecule has 4 rings (SSSR count). The third-order valence-electron chi connectivity index (χ3n) is 4.78. The lowest BCUT2D eigenvalue weighted by molar-refractivity contribution is 0.0927. The standard InChI is InChI=1S/C22H21N3O/c26-22(20-9-5-7-17-6-1-2-8-19(17)20)24-16-25-14-11-18(12-15-25)21-10-3-4-13-23-21/h1-11,13H,12,14-16H2,(H,24,26). The molecule has 1 N–H and O–H groups in total. The summed E-state index contributed by atoms with van der Waals surface area (Å²) in [5.74, 6) is -0.0266. The molecule has 0 radical (unpaired) electrons. The molecular formula is C22H21N3O. The van der Waals surface area contributed by atoms with Crippen LogP contribution >= 0.6 is 0 Å². The van der Waals surface area contributed by atoms with Gasteiger partial charge in [0.15, 0.2) is 0 Å². The summed E-state index contributed by atoms with van der Waals surface area (Å²) >= 11 is 0. The lowest BCUT2D eigenvalue weighted by Gasteiger charge is -2.26. The fourth-order valence-corrected chi connectivity index (χ4v) is 3.34. The van der Waals surface area contributed by atoms with Gasteiger partial charge in [-0.3, -0.25) is 14.7 Å². The Hall–Kier alpha value is -2.98. The normalized spacial score (nSPS) is 14.8. The first-order valence-corrected chi connectivity index (χ1v) is 8.90. The van der Waals surface area contributed by atoms with Gasteiger partial charge in [-0.15, -0.1) is 0 Å². The third-order valence-corrected chi connectivity index (χ3v) is 4.78. The maximum Gasteiger partial charge on any atom is 0.252 e. The lowest BCUT2D eigenvalue weighted by atomic mass is 10.0. The van der Waals surface area contributed by atoms with Crippen molar-refractivity contribution in [1.82, 2.24) is 15.2 Å². The van der Waals surface area contributed by atoms with E-state index in [1.165, 1.54) is 5.57 Å². The van der Waals surface area contributed by atoms with E-state index in [0.29, 0.717) is 6.67 Å². The first kappa shape index (κ1) is 16.5. The number of aromatic nitrogens is 1. The van der Waals surface area contributed by atoms with E-state index in [1.54, 1.807) is 0 Å². The molecular weight excluding hydrogens is 322 g/mol. The second-order valence-electron chi connectivity index (χ2n) is 6.46. The minimum atomic E-state index is -0.0266. The van der Waals surface area contributed by atoms with Gasteiger partial charge in [0, 0.05) is 24.8 Å². The summed E-state index contributed by atoms with van der Waals surface area (Å²) in [7, 11) is 0. The Morgan fingerprint density at radius 1 is 1.04 bits per heavy atom. The number of amides is 1. The summed E-state index contributed by atoms with van der Waals surface area (Å²) < 4.78 is 0. The zero-order valence-corrected chi connectivity index (χ0v) is 14.6. The van der Waals surface area contributed by atoms with Crippen LogP contribution in [0.1, 0.15) is 22.5 Å². The number of hydrogen-bond donors (Lipinski definition) is 1. The molecule has 0 fully saturated rings. The number of nitrogens with one attached hydrogen (secondary N) is 1. The second-order valence-corrected chi connectivity index (χ2v) is 6.46. The van der Waals surface area contributed by atoms with E-state index in [9.17, 15) is 4.79 Å². The number of rotatable bonds is 4. The van der Waals surface area contributed by atoms with Crippen LogP contribution in [0.5, 0.6) is 0 Å². The average Bonchev–Trinajstić information content (AvgIpc) is 2.72. The Morgan fingerprint density at radius 2 is 1.88 bits per heavy atom. The monoisotopic (exact) mass is 343 g/mol. The van der Waals surface area contributed by atoms with Gasteiger partial charge in [0.2, 0.25) is 0 Å². The minimum Gasteiger partial charge on any atom is -0.339 e. The molecule has 1 aliphatic rings. The molecule has 0 unspecified atom stereocenters. The van der Waals surface area contributed by atoms with E-state index in [0.717, 1.165) is 41.5 Å². The van der Waals surface area contributed by atoms with Crippen molar-refractivity contribution in [2.24, 2.45) is 0 Å². The molecule has 0 spiro atoms. The van der Waals surface area contributed by atoms with Crippen molar-refractivity contribution < 1.29 is 4.79 Å². The quantitative estimate of drug-likeness (QED) is 0.785. The van der Waals surface area contributed by atoms with Crippen molar-refractivity contribution in [3.63, 3.8) is 0 Å². The maximum atomic E-state index is 12.6. The largest absolute Gasteiger partial charge is 0.339 e. The van der Waals surface area contributed by atoms with Crippen LogP contribution in [0.25, 0.3) is 16.3 Å². The third kappa shape index (κ3) is 3.51. The summed E-state index contributed by atoms with van der Waals surface area (Å²) in [5, 5.41) is 5.13. The summed E-state index contributed by atoms with van der Waals surface area (Å²) in [4.78, 5) is 19.3. The van der Waals surface area contributed by atoms with Gasteiger partial charge in [-0.25, -0.2) is 0 Å². The molecule has 4 nitrogen and oxygen atoms in total. The first-order chi connectivity index (χ1) is 12.8. The number of carbonyl (C=O) groups excluding carboxylic acids is 1. The van der Waals surface area contributed by atoms with E-state index < -0.39 is 0 Å². The van der Waals surface area contributed by atoms with Crippen LogP contribution in [0.15, 0.2) is 72.9 Å². The van der Waals surface area contributed by atoms with Crippen LogP contribution in [0, 0.1) is 0 Å². The van der Waals surface area contributed by atoms with Crippen molar-refractivity contribution in [1.29, 1.82) is 0 Å². The first-order valence-electron chi connectivity index (χ1n) is 8.90. The SMILES string of the molecule is O=C(NCN1CC=C(c2ccccn2)CC1)c1cccc2ccccc12. The number of carbonyl (C=O) groups is 1. The molecule has 3 aromatic rings. The highest BCUT2D eigenvalue weighted by Crippen LogP contribution is 2.20. The molecule has 0 bridgehead atoms. The van der Waals surface area contributed by atoms with Crippen molar-refractivity contribution in [3.8, 4) is 0 Å². The lowest BCUT2D eigenvalue weighted by Crippen LogP contribution is -2.39. The van der Waals surface area contributed by atoms with Crippen LogP contribution in [0.2, 0.25) is 0 Å². The fraction of sp³-hybridized carbons (Fsp3) is 0.182. The molecule has 0 atom stereocenters. The predicted octanol–water partition coefficient (Wildman–Crippen LogP) is 3.71. The van der Waals surface area contributed by atoms with Crippen LogP contribution in [-0.4, -0.2) is 35.5 Å². The van der Waals surface area contributed by atoms with Gasteiger partial charge in [-0.2, -0.15) is 0 Å². The Labute approximate surface area is 153 Å². The van der Waals surface area contributed by atoms with E-state index in [1.807, 2.05) is 66.9 Å². The highest BCUT2D eigenvalue weighted by Gasteiger charge is 2.15. The molecule has 4 heteroatoms. The molecule has 130 valence electrons. The Bertz CT molecular complexity index is 945. The van der Waals surface area contributed by atoms with Gasteiger partial charge in [0.05, 0.1) is 12.4 Å². The van der Waals surface area contributed by atoms with Gasteiger partial charge in [-0.05, 0) is 41.0 Å². The van der Waals surface area contributed by atoms with Gasteiger partial charge in [0.25, 0.3) is 5.91 Å². The summed E-state index contributed by atoms with van der Waals surface area (Å²) in [5.41, 5.74) is 3.05. The number of benzene rings is 2. The van der Waals surface area contributed by atoms with E-state index in [2.05, 4.69) is 21.3 Å². The van der Waals surface area contributed by atoms with Gasteiger partial charge in [-0.1, -0.05) is 48.5 Å². The molecule has 26 heavy (non-hydrogen) atoms. The Balaban J connectivity index is 1.39. The molecule has 0 aliphatic carbocycles. The molecule has 2 heterocycles. The van der Waals surface area contributed by atoms with Crippen LogP contribution < -0.4 is 5.32 Å². The molecule has 0 saturated carbocycles. The topological polar surface area (TPSA) is 45.2 Å². The minimum absolute atomic E-state index is 0.0266. The summed E-state index contributed by atoms with van der Waals surface area (Å²) in [6, 6.07) is 19.8. The van der Waals surface area contributed by atoms with Gasteiger partial charge in [0.1, 0.15) is 0 Å². The molecule has 1 aromatic heterocycles. The van der Waals surface area contributed by atoms with Crippen LogP contribution in [-0.2, 0) is 0 Å². The van der Waals surface area contributed by atoms with Crippen LogP contribution in [0.4, 0.5) is 0 Å². The van der Waals surface area contributed by atoms with Gasteiger partial charge < -0.3 is 5.32 Å². The summed E-state index contributed by atoms with van der Waals surface area (Å²) in [6.45, 7) is 2.29. The molecule has 1 amide bonds. The van der Waals surface area contributed by atoms with Crippen molar-refractivity contribution >= 4 is 22.3 Å². The Morgan fingerprint density at radius 3 is 2.69 bits per heavy atom. The highest BCUT2D eigenvalue weighted by molar-refractivity contribution is 6.06. The fourth-order valence-electron chi connectivity index (χ4n) is 3.34. The Kier molecular flexibility index (Phi) is 4.75. The number of fused-ring (bicyclic) bond motifs is 1. The molecule has 0 saturated heterocycles. The van der Waals surface area contributed by atoms with Crippen LogP contribution in [0.3, 0.4) is 0 Å². The van der Waals surface area contributed by atoms with E-state index in [4.69, 9.17) is 0 Å². The van der Waals surface area contributed by atoms with E-state index >= 15 is 0 Å². The smallest absolute Gasteiger partial charge is 0.252 e. The highest BCUT2D eigenvalue weighted by atomic mass is 16.1.